The second-order valence-electron chi connectivity index (χ2n) is 7.52. The quantitative estimate of drug-likeness (QED) is 0.509. The Hall–Kier alpha value is -2.89. The summed E-state index contributed by atoms with van der Waals surface area (Å²) in [6.45, 7) is 2.02. The first-order valence-electron chi connectivity index (χ1n) is 9.88. The molecule has 0 fully saturated rings. The summed E-state index contributed by atoms with van der Waals surface area (Å²) in [4.78, 5) is 18.1. The molecule has 1 N–H and O–H groups in total. The molecule has 154 valence electrons. The van der Waals surface area contributed by atoms with E-state index in [2.05, 4.69) is 5.32 Å². The Bertz CT molecular complexity index is 1250. The molecule has 0 amide bonds. The van der Waals surface area contributed by atoms with Gasteiger partial charge in [0.2, 0.25) is 0 Å². The average Bonchev–Trinajstić information content (AvgIpc) is 3.06. The van der Waals surface area contributed by atoms with Crippen LogP contribution in [0.3, 0.4) is 0 Å². The summed E-state index contributed by atoms with van der Waals surface area (Å²) in [7, 11) is 0. The minimum absolute atomic E-state index is 0.00590. The molecule has 3 nitrogen and oxygen atoms in total. The Labute approximate surface area is 189 Å². The molecule has 1 aliphatic heterocycles. The molecule has 5 rings (SSSR count). The SMILES string of the molecule is Cc1ccc(C2N=C(SCc3c(F)cccc3Cl)NC3=C2C(=O)c2ccccc23)cc1. The second-order valence-corrected chi connectivity index (χ2v) is 8.90. The van der Waals surface area contributed by atoms with E-state index < -0.39 is 6.04 Å². The van der Waals surface area contributed by atoms with Crippen molar-refractivity contribution in [1.29, 1.82) is 0 Å². The second kappa shape index (κ2) is 7.98. The van der Waals surface area contributed by atoms with Gasteiger partial charge >= 0.3 is 0 Å². The molecule has 1 aliphatic carbocycles. The molecule has 3 aromatic carbocycles. The number of carbonyl (C=O) groups is 1. The number of aliphatic imine (C=N–C) groups is 1. The monoisotopic (exact) mass is 448 g/mol. The lowest BCUT2D eigenvalue weighted by Crippen LogP contribution is -2.27. The third-order valence-electron chi connectivity index (χ3n) is 5.51. The van der Waals surface area contributed by atoms with Gasteiger partial charge in [0.15, 0.2) is 11.0 Å². The standard InChI is InChI=1S/C25H18ClFN2OS/c1-14-9-11-15(12-10-14)22-21-23(16-5-2-3-6-17(16)24(21)30)29-25(28-22)31-13-18-19(26)7-4-8-20(18)27/h2-12,22H,13H2,1H3,(H,28,29). The highest BCUT2D eigenvalue weighted by molar-refractivity contribution is 8.13. The lowest BCUT2D eigenvalue weighted by molar-refractivity contribution is 0.103. The molecule has 3 aromatic rings. The van der Waals surface area contributed by atoms with Crippen molar-refractivity contribution in [3.05, 3.63) is 111 Å². The molecule has 6 heteroatoms. The zero-order chi connectivity index (χ0) is 21.5. The molecule has 31 heavy (non-hydrogen) atoms. The molecule has 0 saturated heterocycles. The van der Waals surface area contributed by atoms with E-state index in [4.69, 9.17) is 16.6 Å². The first kappa shape index (κ1) is 20.0. The van der Waals surface area contributed by atoms with Gasteiger partial charge < -0.3 is 5.32 Å². The van der Waals surface area contributed by atoms with Gasteiger partial charge in [0.1, 0.15) is 11.9 Å². The molecule has 2 aliphatic rings. The smallest absolute Gasteiger partial charge is 0.194 e. The van der Waals surface area contributed by atoms with Crippen molar-refractivity contribution in [2.45, 2.75) is 18.7 Å². The molecule has 0 spiro atoms. The predicted octanol–water partition coefficient (Wildman–Crippen LogP) is 6.33. The Balaban J connectivity index is 1.53. The number of rotatable bonds is 3. The summed E-state index contributed by atoms with van der Waals surface area (Å²) in [6.07, 6.45) is 0. The Morgan fingerprint density at radius 1 is 1.03 bits per heavy atom. The highest BCUT2D eigenvalue weighted by atomic mass is 35.5. The molecular weight excluding hydrogens is 431 g/mol. The first-order valence-corrected chi connectivity index (χ1v) is 11.2. The number of nitrogens with one attached hydrogen (secondary N) is 1. The molecule has 1 atom stereocenters. The van der Waals surface area contributed by atoms with E-state index in [1.165, 1.54) is 17.8 Å². The zero-order valence-corrected chi connectivity index (χ0v) is 18.2. The zero-order valence-electron chi connectivity index (χ0n) is 16.7. The van der Waals surface area contributed by atoms with Crippen LogP contribution in [-0.2, 0) is 5.75 Å². The lowest BCUT2D eigenvalue weighted by Gasteiger charge is -2.24. The number of aryl methyl sites for hydroxylation is 1. The van der Waals surface area contributed by atoms with Crippen molar-refractivity contribution in [1.82, 2.24) is 5.32 Å². The highest BCUT2D eigenvalue weighted by Crippen LogP contribution is 2.43. The van der Waals surface area contributed by atoms with Crippen LogP contribution >= 0.6 is 23.4 Å². The number of thioether (sulfide) groups is 1. The number of halogens is 2. The van der Waals surface area contributed by atoms with Crippen LogP contribution in [0.25, 0.3) is 5.70 Å². The van der Waals surface area contributed by atoms with Gasteiger partial charge in [-0.3, -0.25) is 4.79 Å². The van der Waals surface area contributed by atoms with Crippen molar-refractivity contribution in [2.75, 3.05) is 0 Å². The number of nitrogens with zero attached hydrogens (tertiary/aromatic N) is 1. The third-order valence-corrected chi connectivity index (χ3v) is 6.78. The fourth-order valence-corrected chi connectivity index (χ4v) is 5.13. The van der Waals surface area contributed by atoms with Gasteiger partial charge in [-0.1, -0.05) is 83.5 Å². The predicted molar refractivity (Wildman–Crippen MR) is 125 cm³/mol. The molecule has 1 unspecified atom stereocenters. The van der Waals surface area contributed by atoms with E-state index in [-0.39, 0.29) is 11.6 Å². The molecule has 0 saturated carbocycles. The summed E-state index contributed by atoms with van der Waals surface area (Å²) < 4.78 is 14.2. The topological polar surface area (TPSA) is 41.5 Å². The fraction of sp³-hybridized carbons (Fsp3) is 0.120. The minimum Gasteiger partial charge on any atom is -0.334 e. The Morgan fingerprint density at radius 3 is 2.52 bits per heavy atom. The minimum atomic E-state index is -0.421. The van der Waals surface area contributed by atoms with Crippen molar-refractivity contribution in [3.63, 3.8) is 0 Å². The number of fused-ring (bicyclic) bond motifs is 2. The molecule has 0 bridgehead atoms. The number of Topliss-reactive ketones (excluding diaryl/α,β-unsaturated/α-hetero) is 1. The van der Waals surface area contributed by atoms with Gasteiger partial charge in [0.05, 0.1) is 11.3 Å². The van der Waals surface area contributed by atoms with Crippen molar-refractivity contribution in [2.24, 2.45) is 4.99 Å². The molecule has 1 heterocycles. The van der Waals surface area contributed by atoms with Crippen molar-refractivity contribution < 1.29 is 9.18 Å². The summed E-state index contributed by atoms with van der Waals surface area (Å²) in [6, 6.07) is 19.9. The van der Waals surface area contributed by atoms with Crippen LogP contribution < -0.4 is 5.32 Å². The van der Waals surface area contributed by atoms with E-state index in [9.17, 15) is 9.18 Å². The van der Waals surface area contributed by atoms with E-state index in [1.807, 2.05) is 55.5 Å². The molecule has 0 aromatic heterocycles. The average molecular weight is 449 g/mol. The van der Waals surface area contributed by atoms with Gasteiger partial charge in [0, 0.05) is 27.5 Å². The van der Waals surface area contributed by atoms with Gasteiger partial charge in [-0.15, -0.1) is 0 Å². The number of carbonyl (C=O) groups excluding carboxylic acids is 1. The fourth-order valence-electron chi connectivity index (χ4n) is 3.89. The maximum Gasteiger partial charge on any atom is 0.194 e. The van der Waals surface area contributed by atoms with Crippen molar-refractivity contribution >= 4 is 40.0 Å². The van der Waals surface area contributed by atoms with Crippen LogP contribution in [0.15, 0.2) is 77.3 Å². The highest BCUT2D eigenvalue weighted by Gasteiger charge is 2.38. The lowest BCUT2D eigenvalue weighted by atomic mass is 9.95. The van der Waals surface area contributed by atoms with Crippen LogP contribution in [0.1, 0.15) is 38.7 Å². The number of hydrogen-bond donors (Lipinski definition) is 1. The normalized spacial score (nSPS) is 17.2. The van der Waals surface area contributed by atoms with E-state index in [0.29, 0.717) is 32.6 Å². The summed E-state index contributed by atoms with van der Waals surface area (Å²) in [5, 5.41) is 4.35. The largest absolute Gasteiger partial charge is 0.334 e. The van der Waals surface area contributed by atoms with Crippen LogP contribution in [0.5, 0.6) is 0 Å². The summed E-state index contributed by atoms with van der Waals surface area (Å²) >= 11 is 7.57. The van der Waals surface area contributed by atoms with Gasteiger partial charge in [-0.05, 0) is 24.6 Å². The summed E-state index contributed by atoms with van der Waals surface area (Å²) in [5.41, 5.74) is 5.51. The van der Waals surface area contributed by atoms with E-state index >= 15 is 0 Å². The Morgan fingerprint density at radius 2 is 1.77 bits per heavy atom. The van der Waals surface area contributed by atoms with Crippen LogP contribution in [0.2, 0.25) is 5.02 Å². The Kier molecular flexibility index (Phi) is 5.16. The van der Waals surface area contributed by atoms with Crippen molar-refractivity contribution in [3.8, 4) is 0 Å². The van der Waals surface area contributed by atoms with E-state index in [1.54, 1.807) is 12.1 Å². The van der Waals surface area contributed by atoms with Gasteiger partial charge in [0.25, 0.3) is 0 Å². The number of ketones is 1. The van der Waals surface area contributed by atoms with Crippen LogP contribution in [0, 0.1) is 12.7 Å². The number of hydrogen-bond acceptors (Lipinski definition) is 4. The van der Waals surface area contributed by atoms with Crippen LogP contribution in [-0.4, -0.2) is 11.0 Å². The third kappa shape index (κ3) is 3.58. The summed E-state index contributed by atoms with van der Waals surface area (Å²) in [5.74, 6) is -0.0164. The van der Waals surface area contributed by atoms with Gasteiger partial charge in [-0.25, -0.2) is 9.38 Å². The molecular formula is C25H18ClFN2OS. The molecule has 0 radical (unpaired) electrons. The number of benzene rings is 3. The van der Waals surface area contributed by atoms with Crippen LogP contribution in [0.4, 0.5) is 4.39 Å². The van der Waals surface area contributed by atoms with Gasteiger partial charge in [-0.2, -0.15) is 0 Å². The number of amidine groups is 1. The van der Waals surface area contributed by atoms with E-state index in [0.717, 1.165) is 22.4 Å². The first-order chi connectivity index (χ1) is 15.0. The maximum absolute atomic E-state index is 14.2. The maximum atomic E-state index is 14.2.